The molecule has 5 rings (SSSR count). The van der Waals surface area contributed by atoms with Crippen molar-refractivity contribution in [3.8, 4) is 12.3 Å². The molecule has 1 aliphatic heterocycles. The summed E-state index contributed by atoms with van der Waals surface area (Å²) in [5, 5.41) is 12.2. The first-order chi connectivity index (χ1) is 19.3. The van der Waals surface area contributed by atoms with Gasteiger partial charge in [-0.3, -0.25) is 24.4 Å². The van der Waals surface area contributed by atoms with E-state index >= 15 is 0 Å². The third-order valence-corrected chi connectivity index (χ3v) is 6.96. The molecule has 2 aromatic heterocycles. The average molecular weight is 541 g/mol. The second-order valence-corrected chi connectivity index (χ2v) is 9.23. The normalized spacial score (nSPS) is 13.8. The first-order valence-electron chi connectivity index (χ1n) is 12.3. The highest BCUT2D eigenvalue weighted by Crippen LogP contribution is 2.36. The van der Waals surface area contributed by atoms with E-state index in [1.54, 1.807) is 29.2 Å². The molecule has 0 aliphatic carbocycles. The van der Waals surface area contributed by atoms with Crippen LogP contribution in [0, 0.1) is 40.7 Å². The molecular formula is C29H22F2N6O3. The summed E-state index contributed by atoms with van der Waals surface area (Å²) in [6.45, 7) is 8.58. The van der Waals surface area contributed by atoms with E-state index in [0.717, 1.165) is 15.7 Å². The van der Waals surface area contributed by atoms with E-state index in [9.17, 15) is 23.7 Å². The van der Waals surface area contributed by atoms with Crippen molar-refractivity contribution in [3.05, 3.63) is 115 Å². The van der Waals surface area contributed by atoms with Gasteiger partial charge in [0, 0.05) is 26.2 Å². The van der Waals surface area contributed by atoms with E-state index in [1.807, 2.05) is 0 Å². The summed E-state index contributed by atoms with van der Waals surface area (Å²) in [5.74, 6) is 1.62. The number of rotatable bonds is 6. The molecule has 1 aliphatic rings. The number of nitro groups is 1. The van der Waals surface area contributed by atoms with Gasteiger partial charge in [0.25, 0.3) is 5.82 Å². The summed E-state index contributed by atoms with van der Waals surface area (Å²) in [7, 11) is 0. The van der Waals surface area contributed by atoms with E-state index in [0.29, 0.717) is 18.6 Å². The Bertz CT molecular complexity index is 1690. The van der Waals surface area contributed by atoms with Crippen LogP contribution in [0.25, 0.3) is 15.9 Å². The Morgan fingerprint density at radius 2 is 1.57 bits per heavy atom. The van der Waals surface area contributed by atoms with Gasteiger partial charge in [-0.05, 0) is 47.5 Å². The molecule has 0 amide bonds. The quantitative estimate of drug-likeness (QED) is 0.153. The second kappa shape index (κ2) is 10.9. The van der Waals surface area contributed by atoms with Crippen LogP contribution < -0.4 is 10.5 Å². The zero-order valence-corrected chi connectivity index (χ0v) is 21.1. The van der Waals surface area contributed by atoms with Crippen LogP contribution >= 0.6 is 0 Å². The highest BCUT2D eigenvalue weighted by Gasteiger charge is 2.35. The summed E-state index contributed by atoms with van der Waals surface area (Å²) in [5.41, 5.74) is 0.603. The number of pyridine rings is 2. The maximum atomic E-state index is 13.7. The lowest BCUT2D eigenvalue weighted by molar-refractivity contribution is -0.385. The predicted molar refractivity (Wildman–Crippen MR) is 146 cm³/mol. The van der Waals surface area contributed by atoms with E-state index in [-0.39, 0.29) is 54.3 Å². The zero-order valence-electron chi connectivity index (χ0n) is 21.1. The number of fused-ring (bicyclic) bond motifs is 1. The molecule has 0 spiro atoms. The molecule has 1 fully saturated rings. The number of nitrogens with zero attached hydrogens (tertiary/aromatic N) is 6. The van der Waals surface area contributed by atoms with Crippen molar-refractivity contribution in [1.29, 1.82) is 0 Å². The summed E-state index contributed by atoms with van der Waals surface area (Å²) in [6, 6.07) is 14.8. The number of halogens is 2. The van der Waals surface area contributed by atoms with Crippen LogP contribution in [0.15, 0.2) is 65.5 Å². The van der Waals surface area contributed by atoms with E-state index < -0.39 is 16.2 Å². The number of anilines is 1. The lowest BCUT2D eigenvalue weighted by Gasteiger charge is -2.40. The summed E-state index contributed by atoms with van der Waals surface area (Å²) in [6.07, 6.45) is 5.43. The van der Waals surface area contributed by atoms with Crippen molar-refractivity contribution in [1.82, 2.24) is 14.5 Å². The zero-order chi connectivity index (χ0) is 28.4. The minimum atomic E-state index is -0.847. The van der Waals surface area contributed by atoms with Gasteiger partial charge in [0.05, 0.1) is 23.0 Å². The molecule has 40 heavy (non-hydrogen) atoms. The van der Waals surface area contributed by atoms with Crippen molar-refractivity contribution in [2.24, 2.45) is 0 Å². The molecule has 0 saturated carbocycles. The number of hydrogen-bond acceptors (Lipinski definition) is 6. The van der Waals surface area contributed by atoms with Gasteiger partial charge in [-0.25, -0.2) is 8.78 Å². The number of aromatic nitrogens is 2. The summed E-state index contributed by atoms with van der Waals surface area (Å²) in [4.78, 5) is 36.3. The van der Waals surface area contributed by atoms with Crippen molar-refractivity contribution in [3.63, 3.8) is 0 Å². The molecule has 2 aromatic carbocycles. The van der Waals surface area contributed by atoms with Gasteiger partial charge in [-0.15, -0.1) is 11.4 Å². The van der Waals surface area contributed by atoms with Crippen molar-refractivity contribution in [2.75, 3.05) is 31.1 Å². The average Bonchev–Trinajstić information content (AvgIpc) is 2.96. The van der Waals surface area contributed by atoms with Gasteiger partial charge < -0.3 is 9.74 Å². The molecule has 0 bridgehead atoms. The molecule has 11 heteroatoms. The molecular weight excluding hydrogens is 518 g/mol. The SMILES string of the molecule is [C-]#[N+]c1ccc2c(n1)c(N1CCN(C(c3ccc(F)cc3)c3ccc(F)cc3)CC1)c([N+](=O)[O-])c(=O)n2CC#C. The van der Waals surface area contributed by atoms with E-state index in [1.165, 1.54) is 36.4 Å². The standard InChI is InChI=1S/C29H22F2N6O3/c1-3-14-36-23-12-13-24(32-2)33-25(23)27(28(29(36)38)37(39)40)35-17-15-34(16-18-35)26(19-4-8-21(30)9-5-19)20-6-10-22(31)11-7-20/h1,4-13,26H,14-18H2. The van der Waals surface area contributed by atoms with Crippen molar-refractivity contribution < 1.29 is 13.7 Å². The molecule has 0 atom stereocenters. The number of hydrogen-bond donors (Lipinski definition) is 0. The van der Waals surface area contributed by atoms with Gasteiger partial charge in [0.1, 0.15) is 11.6 Å². The molecule has 9 nitrogen and oxygen atoms in total. The Morgan fingerprint density at radius 1 is 1.00 bits per heavy atom. The van der Waals surface area contributed by atoms with Crippen LogP contribution in [-0.2, 0) is 6.54 Å². The smallest absolute Gasteiger partial charge is 0.361 e. The maximum Gasteiger partial charge on any atom is 0.361 e. The third kappa shape index (κ3) is 4.86. The van der Waals surface area contributed by atoms with Gasteiger partial charge in [0.15, 0.2) is 5.69 Å². The Kier molecular flexibility index (Phi) is 7.23. The van der Waals surface area contributed by atoms with Crippen LogP contribution in [-0.4, -0.2) is 45.6 Å². The topological polar surface area (TPSA) is 88.9 Å². The molecule has 0 radical (unpaired) electrons. The molecule has 0 N–H and O–H groups in total. The minimum Gasteiger partial charge on any atom is -0.361 e. The van der Waals surface area contributed by atoms with Crippen LogP contribution in [0.3, 0.4) is 0 Å². The van der Waals surface area contributed by atoms with Gasteiger partial charge in [-0.2, -0.15) is 0 Å². The van der Waals surface area contributed by atoms with Gasteiger partial charge >= 0.3 is 11.2 Å². The lowest BCUT2D eigenvalue weighted by atomic mass is 9.96. The van der Waals surface area contributed by atoms with E-state index in [4.69, 9.17) is 13.0 Å². The minimum absolute atomic E-state index is 0.0280. The van der Waals surface area contributed by atoms with Crippen LogP contribution in [0.5, 0.6) is 0 Å². The fourth-order valence-corrected chi connectivity index (χ4v) is 5.17. The van der Waals surface area contributed by atoms with Crippen LogP contribution in [0.4, 0.5) is 26.0 Å². The molecule has 4 aromatic rings. The van der Waals surface area contributed by atoms with Gasteiger partial charge in [0.2, 0.25) is 5.52 Å². The van der Waals surface area contributed by atoms with Crippen molar-refractivity contribution >= 4 is 28.2 Å². The Morgan fingerprint density at radius 3 is 2.08 bits per heavy atom. The molecule has 200 valence electrons. The number of piperazine rings is 1. The molecule has 0 unspecified atom stereocenters. The Balaban J connectivity index is 1.56. The number of benzene rings is 2. The van der Waals surface area contributed by atoms with Gasteiger partial charge in [-0.1, -0.05) is 36.8 Å². The third-order valence-electron chi connectivity index (χ3n) is 6.96. The van der Waals surface area contributed by atoms with Crippen LogP contribution in [0.2, 0.25) is 0 Å². The highest BCUT2D eigenvalue weighted by atomic mass is 19.1. The Hall–Kier alpha value is -5.13. The highest BCUT2D eigenvalue weighted by molar-refractivity contribution is 5.94. The van der Waals surface area contributed by atoms with Crippen LogP contribution in [0.1, 0.15) is 17.2 Å². The van der Waals surface area contributed by atoms with Crippen molar-refractivity contribution in [2.45, 2.75) is 12.6 Å². The van der Waals surface area contributed by atoms with E-state index in [2.05, 4.69) is 20.6 Å². The Labute approximate surface area is 227 Å². The maximum absolute atomic E-state index is 13.7. The number of terminal acetylenes is 1. The molecule has 1 saturated heterocycles. The lowest BCUT2D eigenvalue weighted by Crippen LogP contribution is -2.48. The summed E-state index contributed by atoms with van der Waals surface area (Å²) < 4.78 is 28.5. The fraction of sp³-hybridized carbons (Fsp3) is 0.207. The predicted octanol–water partition coefficient (Wildman–Crippen LogP) is 4.68. The monoisotopic (exact) mass is 540 g/mol. The first-order valence-corrected chi connectivity index (χ1v) is 12.3. The fourth-order valence-electron chi connectivity index (χ4n) is 5.17. The first kappa shape index (κ1) is 26.5. The second-order valence-electron chi connectivity index (χ2n) is 9.23. The largest absolute Gasteiger partial charge is 0.361 e. The molecule has 3 heterocycles. The summed E-state index contributed by atoms with van der Waals surface area (Å²) >= 11 is 0.